The van der Waals surface area contributed by atoms with Gasteiger partial charge in [-0.2, -0.15) is 0 Å². The Morgan fingerprint density at radius 1 is 0.903 bits per heavy atom. The zero-order valence-corrected chi connectivity index (χ0v) is 18.7. The number of ether oxygens (including phenoxy) is 5. The molecule has 2 aromatic carbocycles. The first kappa shape index (κ1) is 23.8. The summed E-state index contributed by atoms with van der Waals surface area (Å²) >= 11 is 0. The van der Waals surface area contributed by atoms with Crippen molar-refractivity contribution >= 4 is 18.0 Å². The quantitative estimate of drug-likeness (QED) is 0.429. The van der Waals surface area contributed by atoms with Crippen molar-refractivity contribution in [2.24, 2.45) is 0 Å². The maximum absolute atomic E-state index is 11.5. The molecule has 7 heteroatoms. The fraction of sp³-hybridized carbons (Fsp3) is 0.333. The smallest absolute Gasteiger partial charge is 0.308 e. The Balaban J connectivity index is 2.50. The van der Waals surface area contributed by atoms with E-state index in [1.807, 2.05) is 31.2 Å². The maximum atomic E-state index is 11.5. The van der Waals surface area contributed by atoms with Crippen LogP contribution >= 0.6 is 0 Å². The van der Waals surface area contributed by atoms with Crippen LogP contribution in [0.1, 0.15) is 38.8 Å². The first-order valence-corrected chi connectivity index (χ1v) is 9.72. The van der Waals surface area contributed by atoms with Crippen LogP contribution < -0.4 is 18.9 Å². The molecular weight excluding hydrogens is 400 g/mol. The predicted octanol–water partition coefficient (Wildman–Crippen LogP) is 4.52. The molecule has 0 aromatic heterocycles. The lowest BCUT2D eigenvalue weighted by atomic mass is 9.95. The Bertz CT molecular complexity index is 964. The second-order valence-electron chi connectivity index (χ2n) is 6.98. The number of rotatable bonds is 9. The normalized spacial score (nSPS) is 12.7. The van der Waals surface area contributed by atoms with E-state index in [-0.39, 0.29) is 12.4 Å². The van der Waals surface area contributed by atoms with Gasteiger partial charge in [0.1, 0.15) is 6.61 Å². The highest BCUT2D eigenvalue weighted by atomic mass is 16.6. The molecule has 7 nitrogen and oxygen atoms in total. The van der Waals surface area contributed by atoms with Crippen molar-refractivity contribution in [3.05, 3.63) is 53.6 Å². The predicted molar refractivity (Wildman–Crippen MR) is 117 cm³/mol. The zero-order valence-electron chi connectivity index (χ0n) is 18.7. The standard InChI is InChI=1S/C24H28O7/c1-7-8-18-9-11-21(22(13-18)27-5)31-24(4,15-29-16(2)25)19-10-12-20(30-17(3)26)23(14-19)28-6/h7-14H,15H2,1-6H3/b8-7+. The van der Waals surface area contributed by atoms with Crippen molar-refractivity contribution in [2.45, 2.75) is 33.3 Å². The number of benzene rings is 2. The Morgan fingerprint density at radius 3 is 2.13 bits per heavy atom. The first-order valence-electron chi connectivity index (χ1n) is 9.72. The number of carbonyl (C=O) groups is 2. The minimum absolute atomic E-state index is 0.0574. The van der Waals surface area contributed by atoms with Crippen molar-refractivity contribution in [1.82, 2.24) is 0 Å². The van der Waals surface area contributed by atoms with E-state index in [0.29, 0.717) is 22.8 Å². The molecule has 2 rings (SSSR count). The van der Waals surface area contributed by atoms with Gasteiger partial charge in [0.15, 0.2) is 28.6 Å². The van der Waals surface area contributed by atoms with Crippen molar-refractivity contribution in [1.29, 1.82) is 0 Å². The molecular formula is C24H28O7. The third-order valence-electron chi connectivity index (χ3n) is 4.46. The van der Waals surface area contributed by atoms with Crippen molar-refractivity contribution in [3.63, 3.8) is 0 Å². The van der Waals surface area contributed by atoms with Crippen LogP contribution in [-0.4, -0.2) is 32.8 Å². The number of esters is 2. The summed E-state index contributed by atoms with van der Waals surface area (Å²) in [6.45, 7) is 6.30. The average molecular weight is 428 g/mol. The fourth-order valence-corrected chi connectivity index (χ4v) is 2.95. The summed E-state index contributed by atoms with van der Waals surface area (Å²) in [5, 5.41) is 0. The summed E-state index contributed by atoms with van der Waals surface area (Å²) in [4.78, 5) is 22.9. The van der Waals surface area contributed by atoms with E-state index in [4.69, 9.17) is 23.7 Å². The topological polar surface area (TPSA) is 80.3 Å². The summed E-state index contributed by atoms with van der Waals surface area (Å²) in [6, 6.07) is 10.6. The van der Waals surface area contributed by atoms with Crippen LogP contribution in [0.15, 0.2) is 42.5 Å². The van der Waals surface area contributed by atoms with E-state index < -0.39 is 17.5 Å². The van der Waals surface area contributed by atoms with E-state index in [1.165, 1.54) is 21.0 Å². The molecule has 0 heterocycles. The van der Waals surface area contributed by atoms with Gasteiger partial charge >= 0.3 is 11.9 Å². The van der Waals surface area contributed by atoms with E-state index in [0.717, 1.165) is 5.56 Å². The summed E-state index contributed by atoms with van der Waals surface area (Å²) in [5.74, 6) is 0.744. The number of carbonyl (C=O) groups excluding carboxylic acids is 2. The molecule has 0 radical (unpaired) electrons. The Kier molecular flexibility index (Phi) is 8.07. The van der Waals surface area contributed by atoms with Crippen molar-refractivity contribution in [2.75, 3.05) is 20.8 Å². The highest BCUT2D eigenvalue weighted by Crippen LogP contribution is 2.38. The Hall–Kier alpha value is -3.48. The number of methoxy groups -OCH3 is 2. The third-order valence-corrected chi connectivity index (χ3v) is 4.46. The monoisotopic (exact) mass is 428 g/mol. The van der Waals surface area contributed by atoms with E-state index in [9.17, 15) is 9.59 Å². The van der Waals surface area contributed by atoms with Gasteiger partial charge in [0.2, 0.25) is 0 Å². The first-order chi connectivity index (χ1) is 14.7. The molecule has 0 saturated carbocycles. The van der Waals surface area contributed by atoms with E-state index >= 15 is 0 Å². The second kappa shape index (κ2) is 10.5. The average Bonchev–Trinajstić information content (AvgIpc) is 2.73. The zero-order chi connectivity index (χ0) is 23.0. The SMILES string of the molecule is C/C=C/c1ccc(OC(C)(COC(C)=O)c2ccc(OC(C)=O)c(OC)c2)c(OC)c1. The molecule has 31 heavy (non-hydrogen) atoms. The van der Waals surface area contributed by atoms with E-state index in [1.54, 1.807) is 38.3 Å². The van der Waals surface area contributed by atoms with Gasteiger partial charge in [-0.25, -0.2) is 0 Å². The summed E-state index contributed by atoms with van der Waals surface area (Å²) in [7, 11) is 3.03. The molecule has 1 unspecified atom stereocenters. The summed E-state index contributed by atoms with van der Waals surface area (Å²) in [6.07, 6.45) is 3.88. The van der Waals surface area contributed by atoms with Crippen LogP contribution in [0.25, 0.3) is 6.08 Å². The minimum atomic E-state index is -1.08. The van der Waals surface area contributed by atoms with Gasteiger partial charge in [0.25, 0.3) is 0 Å². The summed E-state index contributed by atoms with van der Waals surface area (Å²) in [5.41, 5.74) is 0.533. The van der Waals surface area contributed by atoms with Gasteiger partial charge in [-0.3, -0.25) is 9.59 Å². The van der Waals surface area contributed by atoms with Crippen LogP contribution in [0.5, 0.6) is 23.0 Å². The van der Waals surface area contributed by atoms with Crippen LogP contribution in [0, 0.1) is 0 Å². The molecule has 0 aliphatic heterocycles. The van der Waals surface area contributed by atoms with Crippen molar-refractivity contribution < 1.29 is 33.3 Å². The molecule has 0 amide bonds. The highest BCUT2D eigenvalue weighted by molar-refractivity contribution is 5.70. The van der Waals surface area contributed by atoms with Gasteiger partial charge in [0.05, 0.1) is 14.2 Å². The molecule has 0 saturated heterocycles. The Labute approximate surface area is 182 Å². The van der Waals surface area contributed by atoms with Gasteiger partial charge in [0, 0.05) is 19.4 Å². The molecule has 0 fully saturated rings. The third kappa shape index (κ3) is 6.25. The second-order valence-corrected chi connectivity index (χ2v) is 6.98. The van der Waals surface area contributed by atoms with E-state index in [2.05, 4.69) is 0 Å². The van der Waals surface area contributed by atoms with Gasteiger partial charge < -0.3 is 23.7 Å². The molecule has 166 valence electrons. The lowest BCUT2D eigenvalue weighted by Crippen LogP contribution is -2.36. The highest BCUT2D eigenvalue weighted by Gasteiger charge is 2.33. The molecule has 0 bridgehead atoms. The van der Waals surface area contributed by atoms with Gasteiger partial charge in [-0.05, 0) is 43.7 Å². The minimum Gasteiger partial charge on any atom is -0.493 e. The van der Waals surface area contributed by atoms with Crippen LogP contribution in [0.4, 0.5) is 0 Å². The van der Waals surface area contributed by atoms with Crippen molar-refractivity contribution in [3.8, 4) is 23.0 Å². The molecule has 0 aliphatic rings. The van der Waals surface area contributed by atoms with Gasteiger partial charge in [-0.1, -0.05) is 24.3 Å². The molecule has 0 aliphatic carbocycles. The Morgan fingerprint density at radius 2 is 1.55 bits per heavy atom. The number of allylic oxidation sites excluding steroid dienone is 1. The molecule has 2 aromatic rings. The lowest BCUT2D eigenvalue weighted by Gasteiger charge is -2.31. The largest absolute Gasteiger partial charge is 0.493 e. The molecule has 0 N–H and O–H groups in total. The molecule has 1 atom stereocenters. The van der Waals surface area contributed by atoms with Gasteiger partial charge in [-0.15, -0.1) is 0 Å². The van der Waals surface area contributed by atoms with Crippen LogP contribution in [-0.2, 0) is 19.9 Å². The number of hydrogen-bond acceptors (Lipinski definition) is 7. The number of hydrogen-bond donors (Lipinski definition) is 0. The maximum Gasteiger partial charge on any atom is 0.308 e. The molecule has 0 spiro atoms. The lowest BCUT2D eigenvalue weighted by molar-refractivity contribution is -0.147. The van der Waals surface area contributed by atoms with Crippen LogP contribution in [0.2, 0.25) is 0 Å². The fourth-order valence-electron chi connectivity index (χ4n) is 2.95. The van der Waals surface area contributed by atoms with Crippen LogP contribution in [0.3, 0.4) is 0 Å². The summed E-state index contributed by atoms with van der Waals surface area (Å²) < 4.78 is 27.7.